The molecule has 4 nitrogen and oxygen atoms in total. The largest absolute Gasteiger partial charge is 0.381 e. The molecule has 2 rings (SSSR count). The lowest BCUT2D eigenvalue weighted by Gasteiger charge is -2.29. The maximum atomic E-state index is 13.7. The van der Waals surface area contributed by atoms with Gasteiger partial charge in [-0.25, -0.2) is 9.37 Å². The lowest BCUT2D eigenvalue weighted by Crippen LogP contribution is -2.22. The Morgan fingerprint density at radius 2 is 2.22 bits per heavy atom. The summed E-state index contributed by atoms with van der Waals surface area (Å²) in [5.41, 5.74) is 0.354. The smallest absolute Gasteiger partial charge is 0.240 e. The summed E-state index contributed by atoms with van der Waals surface area (Å²) in [4.78, 5) is 17.7. The van der Waals surface area contributed by atoms with Crippen LogP contribution < -0.4 is 0 Å². The van der Waals surface area contributed by atoms with Gasteiger partial charge >= 0.3 is 0 Å². The molecule has 0 atom stereocenters. The van der Waals surface area contributed by atoms with Crippen LogP contribution in [0.1, 0.15) is 41.6 Å². The van der Waals surface area contributed by atoms with Crippen LogP contribution in [-0.4, -0.2) is 34.3 Å². The fraction of sp³-hybridized carbons (Fsp3) is 0.538. The Morgan fingerprint density at radius 3 is 2.72 bits per heavy atom. The number of carbonyl (C=O) groups is 1. The minimum Gasteiger partial charge on any atom is -0.381 e. The van der Waals surface area contributed by atoms with Crippen LogP contribution in [0.3, 0.4) is 0 Å². The van der Waals surface area contributed by atoms with Crippen molar-refractivity contribution >= 4 is 5.78 Å². The normalized spacial score (nSPS) is 16.6. The molecule has 1 heterocycles. The molecule has 0 bridgehead atoms. The molecule has 98 valence electrons. The van der Waals surface area contributed by atoms with E-state index in [1.807, 2.05) is 11.5 Å². The van der Waals surface area contributed by atoms with Crippen molar-refractivity contribution in [2.24, 2.45) is 0 Å². The van der Waals surface area contributed by atoms with E-state index in [1.165, 1.54) is 17.3 Å². The number of carbonyl (C=O) groups excluding carboxylic acids is 1. The van der Waals surface area contributed by atoms with Crippen LogP contribution in [-0.2, 0) is 0 Å². The van der Waals surface area contributed by atoms with E-state index in [-0.39, 0.29) is 0 Å². The first-order valence-electron chi connectivity index (χ1n) is 6.13. The number of hydrogen-bond donors (Lipinski definition) is 0. The van der Waals surface area contributed by atoms with Gasteiger partial charge in [0.25, 0.3) is 0 Å². The first-order valence-corrected chi connectivity index (χ1v) is 6.13. The fourth-order valence-electron chi connectivity index (χ4n) is 2.13. The fourth-order valence-corrected chi connectivity index (χ4v) is 2.13. The van der Waals surface area contributed by atoms with Crippen LogP contribution >= 0.6 is 0 Å². The van der Waals surface area contributed by atoms with E-state index in [1.54, 1.807) is 14.1 Å². The summed E-state index contributed by atoms with van der Waals surface area (Å²) < 4.78 is 15.6. The predicted molar refractivity (Wildman–Crippen MR) is 67.1 cm³/mol. The van der Waals surface area contributed by atoms with E-state index < -0.39 is 11.6 Å². The predicted octanol–water partition coefficient (Wildman–Crippen LogP) is 2.47. The molecule has 1 aliphatic rings. The first kappa shape index (κ1) is 12.8. The number of aromatic nitrogens is 2. The van der Waals surface area contributed by atoms with Gasteiger partial charge in [0.2, 0.25) is 5.78 Å². The van der Waals surface area contributed by atoms with Crippen LogP contribution in [0.25, 0.3) is 0 Å². The van der Waals surface area contributed by atoms with E-state index in [0.717, 1.165) is 25.1 Å². The molecular weight excluding hydrogens is 233 g/mol. The van der Waals surface area contributed by atoms with Gasteiger partial charge in [-0.3, -0.25) is 4.79 Å². The molecule has 1 aromatic heterocycles. The number of aryl methyl sites for hydroxylation is 1. The molecule has 0 unspecified atom stereocenters. The average Bonchev–Trinajstić information content (AvgIpc) is 2.57. The van der Waals surface area contributed by atoms with Crippen LogP contribution in [0.2, 0.25) is 0 Å². The summed E-state index contributed by atoms with van der Waals surface area (Å²) in [6.07, 6.45) is 5.90. The molecule has 0 radical (unpaired) electrons. The number of ketones is 1. The quantitative estimate of drug-likeness (QED) is 0.609. The summed E-state index contributed by atoms with van der Waals surface area (Å²) in [5.74, 6) is -0.558. The van der Waals surface area contributed by atoms with Crippen molar-refractivity contribution in [3.63, 3.8) is 0 Å². The second-order valence-electron chi connectivity index (χ2n) is 4.92. The maximum Gasteiger partial charge on any atom is 0.240 e. The standard InChI is InChI=1S/C13H18FN3O/c1-9-15-7-12(17(9)10-5-4-6-10)13(18)11(14)8-16(2)3/h7-8,10H,4-6H2,1-3H3. The first-order chi connectivity index (χ1) is 8.50. The van der Waals surface area contributed by atoms with Crippen molar-refractivity contribution in [2.75, 3.05) is 14.1 Å². The van der Waals surface area contributed by atoms with Crippen molar-refractivity contribution in [1.29, 1.82) is 0 Å². The van der Waals surface area contributed by atoms with Gasteiger partial charge in [0.05, 0.1) is 6.20 Å². The summed E-state index contributed by atoms with van der Waals surface area (Å²) in [6.45, 7) is 1.85. The summed E-state index contributed by atoms with van der Waals surface area (Å²) >= 11 is 0. The molecule has 0 saturated heterocycles. The van der Waals surface area contributed by atoms with Crippen molar-refractivity contribution in [2.45, 2.75) is 32.2 Å². The van der Waals surface area contributed by atoms with Gasteiger partial charge < -0.3 is 9.47 Å². The van der Waals surface area contributed by atoms with Crippen LogP contribution in [0.4, 0.5) is 4.39 Å². The second-order valence-corrected chi connectivity index (χ2v) is 4.92. The molecule has 0 N–H and O–H groups in total. The van der Waals surface area contributed by atoms with Gasteiger partial charge in [-0.15, -0.1) is 0 Å². The van der Waals surface area contributed by atoms with E-state index in [4.69, 9.17) is 0 Å². The lowest BCUT2D eigenvalue weighted by molar-refractivity contribution is 0.0987. The molecule has 5 heteroatoms. The van der Waals surface area contributed by atoms with Gasteiger partial charge in [-0.2, -0.15) is 0 Å². The highest BCUT2D eigenvalue weighted by Crippen LogP contribution is 2.34. The van der Waals surface area contributed by atoms with Gasteiger partial charge in [0.1, 0.15) is 11.5 Å². The number of halogens is 1. The Hall–Kier alpha value is -1.65. The second kappa shape index (κ2) is 4.92. The molecular formula is C13H18FN3O. The molecule has 1 saturated carbocycles. The van der Waals surface area contributed by atoms with Crippen LogP contribution in [0.15, 0.2) is 18.2 Å². The zero-order valence-electron chi connectivity index (χ0n) is 11.0. The number of rotatable bonds is 4. The number of hydrogen-bond acceptors (Lipinski definition) is 3. The Balaban J connectivity index is 2.30. The molecule has 0 spiro atoms. The molecule has 18 heavy (non-hydrogen) atoms. The maximum absolute atomic E-state index is 13.7. The molecule has 0 amide bonds. The van der Waals surface area contributed by atoms with Crippen molar-refractivity contribution in [3.8, 4) is 0 Å². The Labute approximate surface area is 106 Å². The highest BCUT2D eigenvalue weighted by Gasteiger charge is 2.27. The average molecular weight is 251 g/mol. The third kappa shape index (κ3) is 2.30. The zero-order chi connectivity index (χ0) is 13.3. The van der Waals surface area contributed by atoms with Gasteiger partial charge in [-0.1, -0.05) is 0 Å². The van der Waals surface area contributed by atoms with Gasteiger partial charge in [0.15, 0.2) is 5.83 Å². The zero-order valence-corrected chi connectivity index (χ0v) is 11.0. The Morgan fingerprint density at radius 1 is 1.56 bits per heavy atom. The SMILES string of the molecule is Cc1ncc(C(=O)C(F)=CN(C)C)n1C1CCC1. The van der Waals surface area contributed by atoms with Crippen LogP contribution in [0, 0.1) is 6.92 Å². The third-order valence-electron chi connectivity index (χ3n) is 3.24. The monoisotopic (exact) mass is 251 g/mol. The highest BCUT2D eigenvalue weighted by molar-refractivity contribution is 6.05. The van der Waals surface area contributed by atoms with E-state index in [9.17, 15) is 9.18 Å². The molecule has 1 fully saturated rings. The van der Waals surface area contributed by atoms with Crippen molar-refractivity contribution in [1.82, 2.24) is 14.5 Å². The summed E-state index contributed by atoms with van der Waals surface area (Å²) in [7, 11) is 3.36. The number of Topliss-reactive ketones (excluding diaryl/α,β-unsaturated/α-hetero) is 1. The van der Waals surface area contributed by atoms with Gasteiger partial charge in [0, 0.05) is 26.3 Å². The Kier molecular flexibility index (Phi) is 3.50. The number of nitrogens with zero attached hydrogens (tertiary/aromatic N) is 3. The minimum atomic E-state index is -0.750. The molecule has 0 aromatic carbocycles. The summed E-state index contributed by atoms with van der Waals surface area (Å²) in [5, 5.41) is 0. The summed E-state index contributed by atoms with van der Waals surface area (Å²) in [6, 6.07) is 0.304. The van der Waals surface area contributed by atoms with Crippen molar-refractivity contribution in [3.05, 3.63) is 29.7 Å². The molecule has 1 aliphatic carbocycles. The van der Waals surface area contributed by atoms with E-state index in [2.05, 4.69) is 4.98 Å². The van der Waals surface area contributed by atoms with Crippen LogP contribution in [0.5, 0.6) is 0 Å². The highest BCUT2D eigenvalue weighted by atomic mass is 19.1. The molecule has 0 aliphatic heterocycles. The Bertz CT molecular complexity index is 486. The number of allylic oxidation sites excluding steroid dienone is 1. The minimum absolute atomic E-state index is 0.304. The number of imidazole rings is 1. The third-order valence-corrected chi connectivity index (χ3v) is 3.24. The van der Waals surface area contributed by atoms with Crippen molar-refractivity contribution < 1.29 is 9.18 Å². The topological polar surface area (TPSA) is 38.1 Å². The van der Waals surface area contributed by atoms with E-state index >= 15 is 0 Å². The van der Waals surface area contributed by atoms with E-state index in [0.29, 0.717) is 11.7 Å². The lowest BCUT2D eigenvalue weighted by atomic mass is 9.92. The molecule has 1 aromatic rings. The van der Waals surface area contributed by atoms with Gasteiger partial charge in [-0.05, 0) is 26.2 Å².